The number of nitrogens with zero attached hydrogens (tertiary/aromatic N) is 2. The fourth-order valence-corrected chi connectivity index (χ4v) is 3.27. The van der Waals surface area contributed by atoms with Crippen LogP contribution in [0.2, 0.25) is 0 Å². The maximum Gasteiger partial charge on any atom is 0.417 e. The van der Waals surface area contributed by atoms with E-state index in [1.807, 2.05) is 0 Å². The third-order valence-electron chi connectivity index (χ3n) is 4.80. The topological polar surface area (TPSA) is 181 Å². The van der Waals surface area contributed by atoms with Crippen LogP contribution in [0.4, 0.5) is 19.2 Å². The summed E-state index contributed by atoms with van der Waals surface area (Å²) in [5.41, 5.74) is -2.97. The highest BCUT2D eigenvalue weighted by Gasteiger charge is 2.27. The lowest BCUT2D eigenvalue weighted by Gasteiger charge is -2.28. The Kier molecular flexibility index (Phi) is 16.2. The van der Waals surface area contributed by atoms with Crippen molar-refractivity contribution in [2.24, 2.45) is 4.99 Å². The summed E-state index contributed by atoms with van der Waals surface area (Å²) in [7, 11) is 0. The first-order valence-electron chi connectivity index (χ1n) is 15.0. The summed E-state index contributed by atoms with van der Waals surface area (Å²) in [4.78, 5) is 54.6. The highest BCUT2D eigenvalue weighted by Crippen LogP contribution is 2.13. The molecular formula is C30H56N6O8. The summed E-state index contributed by atoms with van der Waals surface area (Å²) < 4.78 is 21.1. The average molecular weight is 629 g/mol. The summed E-state index contributed by atoms with van der Waals surface area (Å²) in [6, 6.07) is 0. The Balaban J connectivity index is 4.88. The molecule has 0 saturated carbocycles. The molecule has 0 radical (unpaired) electrons. The van der Waals surface area contributed by atoms with Crippen LogP contribution in [0.15, 0.2) is 4.99 Å². The standard InChI is InChI=1S/C30H56N6O8/c1-27(2,3)41-23(37)33-21(31)36(26(40)44-30(10,11)12)20-18-16-14-13-15-17-19-32-22(34-24(38)42-28(4,5)6)35-25(39)43-29(7,8)9/h13-20H2,1-12H3,(H2,31,33,37)(H2,32,34,35,38,39). The Morgan fingerprint density at radius 3 is 1.34 bits per heavy atom. The van der Waals surface area contributed by atoms with Gasteiger partial charge in [-0.3, -0.25) is 26.4 Å². The van der Waals surface area contributed by atoms with Crippen molar-refractivity contribution in [3.05, 3.63) is 0 Å². The highest BCUT2D eigenvalue weighted by atomic mass is 16.6. The third-order valence-corrected chi connectivity index (χ3v) is 4.80. The Bertz CT molecular complexity index is 969. The molecule has 0 spiro atoms. The van der Waals surface area contributed by atoms with E-state index in [2.05, 4.69) is 20.9 Å². The number of aliphatic imine (C=N–C) groups is 1. The predicted molar refractivity (Wildman–Crippen MR) is 169 cm³/mol. The molecule has 0 aliphatic carbocycles. The molecule has 14 nitrogen and oxygen atoms in total. The zero-order chi connectivity index (χ0) is 34.4. The number of nitrogens with one attached hydrogen (secondary N) is 4. The molecule has 0 aliphatic rings. The van der Waals surface area contributed by atoms with Gasteiger partial charge < -0.3 is 18.9 Å². The molecule has 0 rings (SSSR count). The second kappa shape index (κ2) is 17.6. The third kappa shape index (κ3) is 22.9. The van der Waals surface area contributed by atoms with Crippen LogP contribution in [0.1, 0.15) is 122 Å². The number of hydrogen-bond acceptors (Lipinski definition) is 10. The van der Waals surface area contributed by atoms with E-state index < -0.39 is 52.7 Å². The van der Waals surface area contributed by atoms with E-state index in [1.54, 1.807) is 83.1 Å². The molecule has 0 aromatic heterocycles. The first-order chi connectivity index (χ1) is 19.9. The second-order valence-electron chi connectivity index (χ2n) is 14.2. The number of carbonyl (C=O) groups excluding carboxylic acids is 4. The Labute approximate surface area is 262 Å². The zero-order valence-corrected chi connectivity index (χ0v) is 28.8. The summed E-state index contributed by atoms with van der Waals surface area (Å²) in [5, 5.41) is 15.5. The minimum Gasteiger partial charge on any atom is -0.444 e. The molecule has 4 N–H and O–H groups in total. The SMILES string of the molecule is CC(C)(C)OC(=O)NC(=N)N(CCCCCCCCN=C(NC(=O)OC(C)(C)C)NC(=O)OC(C)(C)C)C(=O)OC(C)(C)C. The lowest BCUT2D eigenvalue weighted by atomic mass is 10.1. The van der Waals surface area contributed by atoms with Crippen molar-refractivity contribution in [2.75, 3.05) is 13.1 Å². The molecular weight excluding hydrogens is 572 g/mol. The molecule has 0 atom stereocenters. The fraction of sp³-hybridized carbons (Fsp3) is 0.800. The minimum atomic E-state index is -0.829. The van der Waals surface area contributed by atoms with Gasteiger partial charge in [-0.05, 0) is 95.9 Å². The molecule has 0 saturated heterocycles. The van der Waals surface area contributed by atoms with Crippen molar-refractivity contribution in [3.8, 4) is 0 Å². The molecule has 44 heavy (non-hydrogen) atoms. The van der Waals surface area contributed by atoms with Gasteiger partial charge >= 0.3 is 24.4 Å². The van der Waals surface area contributed by atoms with Gasteiger partial charge in [0.15, 0.2) is 0 Å². The normalized spacial score (nSPS) is 11.9. The maximum atomic E-state index is 12.7. The van der Waals surface area contributed by atoms with E-state index in [0.717, 1.165) is 30.6 Å². The van der Waals surface area contributed by atoms with Gasteiger partial charge in [0.25, 0.3) is 0 Å². The Morgan fingerprint density at radius 2 is 0.932 bits per heavy atom. The van der Waals surface area contributed by atoms with Gasteiger partial charge in [0.1, 0.15) is 22.4 Å². The number of ether oxygens (including phenoxy) is 4. The second-order valence-corrected chi connectivity index (χ2v) is 14.2. The largest absolute Gasteiger partial charge is 0.444 e. The fourth-order valence-electron chi connectivity index (χ4n) is 3.27. The van der Waals surface area contributed by atoms with Crippen molar-refractivity contribution in [3.63, 3.8) is 0 Å². The zero-order valence-electron chi connectivity index (χ0n) is 28.8. The van der Waals surface area contributed by atoms with E-state index in [4.69, 9.17) is 24.4 Å². The van der Waals surface area contributed by atoms with Crippen LogP contribution < -0.4 is 16.0 Å². The summed E-state index contributed by atoms with van der Waals surface area (Å²) >= 11 is 0. The van der Waals surface area contributed by atoms with Crippen molar-refractivity contribution in [1.82, 2.24) is 20.9 Å². The molecule has 0 aromatic rings. The number of alkyl carbamates (subject to hydrolysis) is 3. The average Bonchev–Trinajstić information content (AvgIpc) is 2.74. The van der Waals surface area contributed by atoms with Crippen molar-refractivity contribution in [1.29, 1.82) is 5.41 Å². The van der Waals surface area contributed by atoms with Crippen LogP contribution in [0.25, 0.3) is 0 Å². The van der Waals surface area contributed by atoms with Crippen LogP contribution in [0.3, 0.4) is 0 Å². The summed E-state index contributed by atoms with van der Waals surface area (Å²) in [6.07, 6.45) is 1.57. The molecule has 0 aromatic carbocycles. The number of rotatable bonds is 9. The van der Waals surface area contributed by atoms with E-state index in [9.17, 15) is 19.2 Å². The van der Waals surface area contributed by atoms with Gasteiger partial charge in [0, 0.05) is 13.1 Å². The van der Waals surface area contributed by atoms with Crippen LogP contribution >= 0.6 is 0 Å². The first-order valence-corrected chi connectivity index (χ1v) is 15.0. The molecule has 254 valence electrons. The molecule has 0 bridgehead atoms. The molecule has 0 heterocycles. The molecule has 0 aliphatic heterocycles. The first kappa shape index (κ1) is 40.4. The molecule has 0 fully saturated rings. The maximum absolute atomic E-state index is 12.7. The van der Waals surface area contributed by atoms with E-state index >= 15 is 0 Å². The molecule has 4 amide bonds. The van der Waals surface area contributed by atoms with E-state index in [1.165, 1.54) is 0 Å². The Morgan fingerprint density at radius 1 is 0.568 bits per heavy atom. The van der Waals surface area contributed by atoms with E-state index in [0.29, 0.717) is 19.4 Å². The quantitative estimate of drug-likeness (QED) is 0.0975. The van der Waals surface area contributed by atoms with Gasteiger partial charge in [0.05, 0.1) is 0 Å². The monoisotopic (exact) mass is 628 g/mol. The van der Waals surface area contributed by atoms with Crippen LogP contribution in [-0.4, -0.2) is 76.7 Å². The highest BCUT2D eigenvalue weighted by molar-refractivity contribution is 6.01. The van der Waals surface area contributed by atoms with Crippen molar-refractivity contribution >= 4 is 36.3 Å². The van der Waals surface area contributed by atoms with Crippen LogP contribution in [-0.2, 0) is 18.9 Å². The smallest absolute Gasteiger partial charge is 0.417 e. The predicted octanol–water partition coefficient (Wildman–Crippen LogP) is 6.43. The van der Waals surface area contributed by atoms with E-state index in [-0.39, 0.29) is 12.5 Å². The number of amides is 4. The summed E-state index contributed by atoms with van der Waals surface area (Å²) in [6.45, 7) is 21.2. The van der Waals surface area contributed by atoms with Crippen molar-refractivity contribution in [2.45, 2.75) is 144 Å². The van der Waals surface area contributed by atoms with Gasteiger partial charge in [-0.1, -0.05) is 25.7 Å². The summed E-state index contributed by atoms with van der Waals surface area (Å²) in [5.74, 6) is -0.472. The number of guanidine groups is 2. The minimum absolute atomic E-state index is 0.0572. The number of unbranched alkanes of at least 4 members (excludes halogenated alkanes) is 5. The van der Waals surface area contributed by atoms with Gasteiger partial charge in [0.2, 0.25) is 11.9 Å². The lowest BCUT2D eigenvalue weighted by Crippen LogP contribution is -2.49. The van der Waals surface area contributed by atoms with Gasteiger partial charge in [-0.15, -0.1) is 0 Å². The van der Waals surface area contributed by atoms with Crippen LogP contribution in [0, 0.1) is 5.41 Å². The number of hydrogen-bond donors (Lipinski definition) is 4. The van der Waals surface area contributed by atoms with Crippen LogP contribution in [0.5, 0.6) is 0 Å². The van der Waals surface area contributed by atoms with Gasteiger partial charge in [-0.25, -0.2) is 24.1 Å². The van der Waals surface area contributed by atoms with Gasteiger partial charge in [-0.2, -0.15) is 0 Å². The van der Waals surface area contributed by atoms with Crippen molar-refractivity contribution < 1.29 is 38.1 Å². The Hall–Kier alpha value is -3.58. The lowest BCUT2D eigenvalue weighted by molar-refractivity contribution is 0.0353. The number of carbonyl (C=O) groups is 4. The molecule has 14 heteroatoms. The molecule has 0 unspecified atom stereocenters.